The zero-order chi connectivity index (χ0) is 13.3. The molecule has 1 aliphatic rings. The van der Waals surface area contributed by atoms with Gasteiger partial charge in [0.1, 0.15) is 0 Å². The number of pyridine rings is 1. The summed E-state index contributed by atoms with van der Waals surface area (Å²) in [5, 5.41) is 0. The number of rotatable bonds is 1. The quantitative estimate of drug-likeness (QED) is 0.808. The number of nitrogens with two attached hydrogens (primary N) is 1. The molecule has 2 N–H and O–H groups in total. The van der Waals surface area contributed by atoms with Gasteiger partial charge < -0.3 is 10.6 Å². The van der Waals surface area contributed by atoms with E-state index in [1.54, 1.807) is 17.2 Å². The molecule has 1 aromatic rings. The van der Waals surface area contributed by atoms with Crippen molar-refractivity contribution in [1.29, 1.82) is 0 Å². The lowest BCUT2D eigenvalue weighted by Crippen LogP contribution is -2.32. The number of hydrogen-bond acceptors (Lipinski definition) is 3. The number of aromatic nitrogens is 1. The Hall–Kier alpha value is -1.24. The minimum atomic E-state index is -4.23. The van der Waals surface area contributed by atoms with Gasteiger partial charge in [-0.2, -0.15) is 13.2 Å². The van der Waals surface area contributed by atoms with Crippen molar-refractivity contribution in [1.82, 2.24) is 4.98 Å². The van der Waals surface area contributed by atoms with Crippen LogP contribution in [0.1, 0.15) is 6.42 Å². The SMILES string of the molecule is Nc1cc(Br)cnc1N1CC=C(C(F)(F)F)CC1. The maximum Gasteiger partial charge on any atom is 0.412 e. The summed E-state index contributed by atoms with van der Waals surface area (Å²) in [4.78, 5) is 5.87. The zero-order valence-corrected chi connectivity index (χ0v) is 10.9. The fourth-order valence-electron chi connectivity index (χ4n) is 1.83. The Balaban J connectivity index is 2.17. The van der Waals surface area contributed by atoms with Gasteiger partial charge in [0.2, 0.25) is 0 Å². The summed E-state index contributed by atoms with van der Waals surface area (Å²) in [7, 11) is 0. The summed E-state index contributed by atoms with van der Waals surface area (Å²) in [6.07, 6.45) is -1.51. The van der Waals surface area contributed by atoms with E-state index in [4.69, 9.17) is 5.73 Å². The van der Waals surface area contributed by atoms with Gasteiger partial charge in [-0.15, -0.1) is 0 Å². The average Bonchev–Trinajstić information content (AvgIpc) is 2.28. The van der Waals surface area contributed by atoms with Crippen molar-refractivity contribution in [2.45, 2.75) is 12.6 Å². The first-order valence-corrected chi connectivity index (χ1v) is 6.09. The average molecular weight is 322 g/mol. The molecule has 0 saturated carbocycles. The van der Waals surface area contributed by atoms with Crippen molar-refractivity contribution in [3.63, 3.8) is 0 Å². The van der Waals surface area contributed by atoms with Gasteiger partial charge in [0.15, 0.2) is 5.82 Å². The Morgan fingerprint density at radius 3 is 2.61 bits per heavy atom. The van der Waals surface area contributed by atoms with Crippen molar-refractivity contribution in [2.24, 2.45) is 0 Å². The van der Waals surface area contributed by atoms with Crippen molar-refractivity contribution >= 4 is 27.4 Å². The second kappa shape index (κ2) is 4.79. The lowest BCUT2D eigenvalue weighted by atomic mass is 10.1. The molecule has 18 heavy (non-hydrogen) atoms. The van der Waals surface area contributed by atoms with Crippen LogP contribution in [-0.2, 0) is 0 Å². The summed E-state index contributed by atoms with van der Waals surface area (Å²) in [6.45, 7) is 0.442. The van der Waals surface area contributed by atoms with Gasteiger partial charge in [-0.05, 0) is 28.4 Å². The number of nitrogen functional groups attached to an aromatic ring is 1. The first kappa shape index (κ1) is 13.2. The smallest absolute Gasteiger partial charge is 0.396 e. The molecule has 0 radical (unpaired) electrons. The minimum absolute atomic E-state index is 0.0410. The molecule has 1 aliphatic heterocycles. The molecule has 0 fully saturated rings. The highest BCUT2D eigenvalue weighted by Gasteiger charge is 2.35. The van der Waals surface area contributed by atoms with Crippen molar-refractivity contribution in [3.8, 4) is 0 Å². The molecule has 98 valence electrons. The van der Waals surface area contributed by atoms with Crippen LogP contribution in [-0.4, -0.2) is 24.2 Å². The lowest BCUT2D eigenvalue weighted by molar-refractivity contribution is -0.0944. The van der Waals surface area contributed by atoms with Crippen LogP contribution in [0.4, 0.5) is 24.7 Å². The molecule has 0 spiro atoms. The van der Waals surface area contributed by atoms with E-state index < -0.39 is 11.7 Å². The van der Waals surface area contributed by atoms with E-state index in [9.17, 15) is 13.2 Å². The topological polar surface area (TPSA) is 42.1 Å². The first-order valence-electron chi connectivity index (χ1n) is 5.30. The zero-order valence-electron chi connectivity index (χ0n) is 9.34. The molecule has 0 saturated heterocycles. The van der Waals surface area contributed by atoms with Crippen LogP contribution in [0.3, 0.4) is 0 Å². The summed E-state index contributed by atoms with van der Waals surface area (Å²) >= 11 is 3.23. The van der Waals surface area contributed by atoms with Crippen molar-refractivity contribution in [2.75, 3.05) is 23.7 Å². The second-order valence-corrected chi connectivity index (χ2v) is 4.91. The molecule has 3 nitrogen and oxygen atoms in total. The molecule has 7 heteroatoms. The third kappa shape index (κ3) is 2.77. The van der Waals surface area contributed by atoms with Crippen molar-refractivity contribution in [3.05, 3.63) is 28.4 Å². The Morgan fingerprint density at radius 2 is 2.11 bits per heavy atom. The first-order chi connectivity index (χ1) is 8.38. The minimum Gasteiger partial charge on any atom is -0.396 e. The predicted molar refractivity (Wildman–Crippen MR) is 67.3 cm³/mol. The van der Waals surface area contributed by atoms with Gasteiger partial charge in [0.05, 0.1) is 5.69 Å². The number of anilines is 2. The standard InChI is InChI=1S/C11H11BrF3N3/c12-8-5-9(16)10(17-6-8)18-3-1-7(2-4-18)11(13,14)15/h1,5-6H,2-4,16H2. The van der Waals surface area contributed by atoms with Crippen LogP contribution in [0.5, 0.6) is 0 Å². The summed E-state index contributed by atoms with van der Waals surface area (Å²) in [5.74, 6) is 0.524. The van der Waals surface area contributed by atoms with Gasteiger partial charge in [0.25, 0.3) is 0 Å². The Labute approximate surface area is 111 Å². The van der Waals surface area contributed by atoms with E-state index in [0.29, 0.717) is 11.5 Å². The molecule has 0 atom stereocenters. The van der Waals surface area contributed by atoms with E-state index in [0.717, 1.165) is 4.47 Å². The third-order valence-corrected chi connectivity index (χ3v) is 3.17. The highest BCUT2D eigenvalue weighted by molar-refractivity contribution is 9.10. The fourth-order valence-corrected chi connectivity index (χ4v) is 2.18. The van der Waals surface area contributed by atoms with Gasteiger partial charge >= 0.3 is 6.18 Å². The summed E-state index contributed by atoms with van der Waals surface area (Å²) in [5.41, 5.74) is 5.77. The molecule has 0 unspecified atom stereocenters. The van der Waals surface area contributed by atoms with E-state index >= 15 is 0 Å². The maximum absolute atomic E-state index is 12.5. The predicted octanol–water partition coefficient (Wildman–Crippen LogP) is 3.13. The highest BCUT2D eigenvalue weighted by atomic mass is 79.9. The van der Waals surface area contributed by atoms with Crippen LogP contribution in [0.15, 0.2) is 28.4 Å². The van der Waals surface area contributed by atoms with Crippen LogP contribution >= 0.6 is 15.9 Å². The molecule has 0 bridgehead atoms. The summed E-state index contributed by atoms with van der Waals surface area (Å²) in [6, 6.07) is 1.69. The largest absolute Gasteiger partial charge is 0.412 e. The second-order valence-electron chi connectivity index (χ2n) is 3.99. The van der Waals surface area contributed by atoms with Gasteiger partial charge in [-0.3, -0.25) is 0 Å². The number of alkyl halides is 3. The third-order valence-electron chi connectivity index (χ3n) is 2.73. The van der Waals surface area contributed by atoms with Gasteiger partial charge in [-0.25, -0.2) is 4.98 Å². The monoisotopic (exact) mass is 321 g/mol. The molecule has 1 aromatic heterocycles. The maximum atomic E-state index is 12.5. The number of halogens is 4. The molecule has 2 heterocycles. The van der Waals surface area contributed by atoms with Crippen LogP contribution in [0, 0.1) is 0 Å². The van der Waals surface area contributed by atoms with Crippen molar-refractivity contribution < 1.29 is 13.2 Å². The van der Waals surface area contributed by atoms with Crippen LogP contribution in [0.25, 0.3) is 0 Å². The summed E-state index contributed by atoms with van der Waals surface area (Å²) < 4.78 is 38.2. The lowest BCUT2D eigenvalue weighted by Gasteiger charge is -2.28. The highest BCUT2D eigenvalue weighted by Crippen LogP contribution is 2.32. The fraction of sp³-hybridized carbons (Fsp3) is 0.364. The van der Waals surface area contributed by atoms with Crippen LogP contribution < -0.4 is 10.6 Å². The molecule has 0 aromatic carbocycles. The number of nitrogens with zero attached hydrogens (tertiary/aromatic N) is 2. The van der Waals surface area contributed by atoms with E-state index in [2.05, 4.69) is 20.9 Å². The molecule has 0 amide bonds. The Morgan fingerprint density at radius 1 is 1.39 bits per heavy atom. The van der Waals surface area contributed by atoms with E-state index in [1.165, 1.54) is 6.08 Å². The molecular weight excluding hydrogens is 311 g/mol. The Bertz CT molecular complexity index is 485. The van der Waals surface area contributed by atoms with Crippen LogP contribution in [0.2, 0.25) is 0 Å². The normalized spacial score (nSPS) is 16.7. The number of hydrogen-bond donors (Lipinski definition) is 1. The van der Waals surface area contributed by atoms with Gasteiger partial charge in [-0.1, -0.05) is 6.08 Å². The van der Waals surface area contributed by atoms with E-state index in [-0.39, 0.29) is 19.5 Å². The van der Waals surface area contributed by atoms with Gasteiger partial charge in [0, 0.05) is 29.3 Å². The molecular formula is C11H11BrF3N3. The molecule has 2 rings (SSSR count). The molecule has 0 aliphatic carbocycles. The van der Waals surface area contributed by atoms with E-state index in [1.807, 2.05) is 0 Å². The Kier molecular flexibility index (Phi) is 3.52.